The molecule has 0 saturated heterocycles. The van der Waals surface area contributed by atoms with Gasteiger partial charge in [-0.1, -0.05) is 6.07 Å². The third-order valence-electron chi connectivity index (χ3n) is 1.96. The number of hydrogen-bond acceptors (Lipinski definition) is 4. The molecule has 0 aromatic heterocycles. The molecule has 1 unspecified atom stereocenters. The number of rotatable bonds is 5. The molecule has 0 aliphatic carbocycles. The van der Waals surface area contributed by atoms with Crippen molar-refractivity contribution >= 4 is 5.97 Å². The average Bonchev–Trinajstić information content (AvgIpc) is 2.28. The van der Waals surface area contributed by atoms with Crippen molar-refractivity contribution in [3.8, 4) is 5.75 Å². The van der Waals surface area contributed by atoms with E-state index in [0.717, 1.165) is 0 Å². The van der Waals surface area contributed by atoms with E-state index in [-0.39, 0.29) is 12.3 Å². The molecule has 1 atom stereocenters. The molecule has 0 fully saturated rings. The van der Waals surface area contributed by atoms with Gasteiger partial charge >= 0.3 is 5.97 Å². The third kappa shape index (κ3) is 3.55. The summed E-state index contributed by atoms with van der Waals surface area (Å²) in [6, 6.07) is 6.80. The standard InChI is InChI=1S/C12H16O4/c1-4-15-9(2)16-11-7-5-6-10(8-11)12(13)14-3/h5-9H,4H2,1-3H3. The van der Waals surface area contributed by atoms with E-state index in [0.29, 0.717) is 17.9 Å². The topological polar surface area (TPSA) is 44.8 Å². The highest BCUT2D eigenvalue weighted by Crippen LogP contribution is 2.15. The molecular weight excluding hydrogens is 208 g/mol. The van der Waals surface area contributed by atoms with Crippen LogP contribution < -0.4 is 4.74 Å². The summed E-state index contributed by atoms with van der Waals surface area (Å²) in [5.41, 5.74) is 0.462. The van der Waals surface area contributed by atoms with Gasteiger partial charge in [0.2, 0.25) is 0 Å². The lowest BCUT2D eigenvalue weighted by atomic mass is 10.2. The predicted molar refractivity (Wildman–Crippen MR) is 59.5 cm³/mol. The molecule has 1 aromatic rings. The van der Waals surface area contributed by atoms with E-state index in [2.05, 4.69) is 4.74 Å². The van der Waals surface area contributed by atoms with Gasteiger partial charge in [0.1, 0.15) is 5.75 Å². The van der Waals surface area contributed by atoms with Crippen LogP contribution in [0.25, 0.3) is 0 Å². The number of ether oxygens (including phenoxy) is 3. The molecule has 1 aromatic carbocycles. The van der Waals surface area contributed by atoms with Crippen molar-refractivity contribution in [1.82, 2.24) is 0 Å². The maximum atomic E-state index is 11.3. The van der Waals surface area contributed by atoms with Gasteiger partial charge in [-0.15, -0.1) is 0 Å². The second-order valence-corrected chi connectivity index (χ2v) is 3.16. The van der Waals surface area contributed by atoms with Crippen LogP contribution in [0, 0.1) is 0 Å². The fourth-order valence-electron chi connectivity index (χ4n) is 1.27. The van der Waals surface area contributed by atoms with Crippen LogP contribution in [0.15, 0.2) is 24.3 Å². The predicted octanol–water partition coefficient (Wildman–Crippen LogP) is 2.23. The second-order valence-electron chi connectivity index (χ2n) is 3.16. The maximum Gasteiger partial charge on any atom is 0.337 e. The molecule has 0 bridgehead atoms. The smallest absolute Gasteiger partial charge is 0.337 e. The third-order valence-corrected chi connectivity index (χ3v) is 1.96. The fourth-order valence-corrected chi connectivity index (χ4v) is 1.27. The summed E-state index contributed by atoms with van der Waals surface area (Å²) in [5, 5.41) is 0. The first-order valence-electron chi connectivity index (χ1n) is 5.14. The van der Waals surface area contributed by atoms with Crippen molar-refractivity contribution in [2.24, 2.45) is 0 Å². The summed E-state index contributed by atoms with van der Waals surface area (Å²) in [4.78, 5) is 11.3. The van der Waals surface area contributed by atoms with E-state index < -0.39 is 0 Å². The normalized spacial score (nSPS) is 11.9. The Balaban J connectivity index is 2.70. The lowest BCUT2D eigenvalue weighted by molar-refractivity contribution is -0.0613. The van der Waals surface area contributed by atoms with E-state index in [1.165, 1.54) is 7.11 Å². The highest BCUT2D eigenvalue weighted by Gasteiger charge is 2.08. The van der Waals surface area contributed by atoms with Crippen molar-refractivity contribution in [2.75, 3.05) is 13.7 Å². The maximum absolute atomic E-state index is 11.3. The van der Waals surface area contributed by atoms with Gasteiger partial charge in [0.25, 0.3) is 0 Å². The molecule has 0 heterocycles. The van der Waals surface area contributed by atoms with E-state index in [9.17, 15) is 4.79 Å². The Morgan fingerprint density at radius 3 is 2.81 bits per heavy atom. The molecule has 0 spiro atoms. The fraction of sp³-hybridized carbons (Fsp3) is 0.417. The van der Waals surface area contributed by atoms with E-state index in [1.807, 2.05) is 6.92 Å². The van der Waals surface area contributed by atoms with Crippen molar-refractivity contribution in [2.45, 2.75) is 20.1 Å². The minimum absolute atomic E-state index is 0.335. The molecule has 0 amide bonds. The molecule has 1 rings (SSSR count). The van der Waals surface area contributed by atoms with Gasteiger partial charge < -0.3 is 14.2 Å². The largest absolute Gasteiger partial charge is 0.465 e. The number of benzene rings is 1. The minimum atomic E-state index is -0.380. The van der Waals surface area contributed by atoms with Gasteiger partial charge in [-0.25, -0.2) is 4.79 Å². The summed E-state index contributed by atoms with van der Waals surface area (Å²) in [6.07, 6.45) is -0.335. The molecule has 0 N–H and O–H groups in total. The van der Waals surface area contributed by atoms with Crippen molar-refractivity contribution < 1.29 is 19.0 Å². The number of methoxy groups -OCH3 is 1. The van der Waals surface area contributed by atoms with E-state index >= 15 is 0 Å². The number of carbonyl (C=O) groups is 1. The zero-order valence-corrected chi connectivity index (χ0v) is 9.73. The van der Waals surface area contributed by atoms with Gasteiger partial charge in [-0.05, 0) is 32.0 Å². The lowest BCUT2D eigenvalue weighted by Crippen LogP contribution is -2.16. The highest BCUT2D eigenvalue weighted by molar-refractivity contribution is 5.89. The zero-order chi connectivity index (χ0) is 12.0. The zero-order valence-electron chi connectivity index (χ0n) is 9.73. The van der Waals surface area contributed by atoms with Crippen LogP contribution in [-0.2, 0) is 9.47 Å². The summed E-state index contributed by atoms with van der Waals surface area (Å²) >= 11 is 0. The molecule has 0 aliphatic rings. The number of hydrogen-bond donors (Lipinski definition) is 0. The molecule has 4 nitrogen and oxygen atoms in total. The van der Waals surface area contributed by atoms with Crippen molar-refractivity contribution in [3.05, 3.63) is 29.8 Å². The van der Waals surface area contributed by atoms with E-state index in [1.54, 1.807) is 31.2 Å². The second kappa shape index (κ2) is 6.12. The quantitative estimate of drug-likeness (QED) is 0.568. The van der Waals surface area contributed by atoms with Gasteiger partial charge in [-0.3, -0.25) is 0 Å². The van der Waals surface area contributed by atoms with Gasteiger partial charge in [0, 0.05) is 6.61 Å². The Labute approximate surface area is 95.1 Å². The molecule has 4 heteroatoms. The Morgan fingerprint density at radius 2 is 2.19 bits per heavy atom. The first-order valence-corrected chi connectivity index (χ1v) is 5.14. The molecule has 16 heavy (non-hydrogen) atoms. The van der Waals surface area contributed by atoms with Gasteiger partial charge in [0.05, 0.1) is 12.7 Å². The Morgan fingerprint density at radius 1 is 1.44 bits per heavy atom. The van der Waals surface area contributed by atoms with Crippen LogP contribution in [0.1, 0.15) is 24.2 Å². The lowest BCUT2D eigenvalue weighted by Gasteiger charge is -2.14. The first-order chi connectivity index (χ1) is 7.67. The van der Waals surface area contributed by atoms with Gasteiger partial charge in [-0.2, -0.15) is 0 Å². The van der Waals surface area contributed by atoms with Crippen LogP contribution >= 0.6 is 0 Å². The Kier molecular flexibility index (Phi) is 4.79. The summed E-state index contributed by atoms with van der Waals surface area (Å²) in [5.74, 6) is 0.207. The van der Waals surface area contributed by atoms with Gasteiger partial charge in [0.15, 0.2) is 6.29 Å². The van der Waals surface area contributed by atoms with Crippen molar-refractivity contribution in [3.63, 3.8) is 0 Å². The SMILES string of the molecule is CCOC(C)Oc1cccc(C(=O)OC)c1. The van der Waals surface area contributed by atoms with E-state index in [4.69, 9.17) is 9.47 Å². The average molecular weight is 224 g/mol. The monoisotopic (exact) mass is 224 g/mol. The molecule has 0 aliphatic heterocycles. The van der Waals surface area contributed by atoms with Crippen LogP contribution in [-0.4, -0.2) is 26.0 Å². The van der Waals surface area contributed by atoms with Crippen LogP contribution in [0.5, 0.6) is 5.75 Å². The summed E-state index contributed by atoms with van der Waals surface area (Å²) < 4.78 is 15.3. The van der Waals surface area contributed by atoms with Crippen LogP contribution in [0.3, 0.4) is 0 Å². The van der Waals surface area contributed by atoms with Crippen LogP contribution in [0.2, 0.25) is 0 Å². The molecule has 0 saturated carbocycles. The first kappa shape index (κ1) is 12.5. The Bertz CT molecular complexity index is 349. The molecule has 0 radical (unpaired) electrons. The number of esters is 1. The molecular formula is C12H16O4. The number of carbonyl (C=O) groups excluding carboxylic acids is 1. The molecule has 88 valence electrons. The summed E-state index contributed by atoms with van der Waals surface area (Å²) in [7, 11) is 1.35. The van der Waals surface area contributed by atoms with Crippen LogP contribution in [0.4, 0.5) is 0 Å². The Hall–Kier alpha value is -1.55. The highest BCUT2D eigenvalue weighted by atomic mass is 16.7. The minimum Gasteiger partial charge on any atom is -0.465 e. The summed E-state index contributed by atoms with van der Waals surface area (Å²) in [6.45, 7) is 4.27. The van der Waals surface area contributed by atoms with Crippen molar-refractivity contribution in [1.29, 1.82) is 0 Å².